The maximum atomic E-state index is 12.5. The van der Waals surface area contributed by atoms with Gasteiger partial charge in [-0.15, -0.1) is 11.8 Å². The Bertz CT molecular complexity index is 411. The lowest BCUT2D eigenvalue weighted by atomic mass is 10.1. The van der Waals surface area contributed by atoms with Crippen molar-refractivity contribution in [2.45, 2.75) is 36.8 Å². The van der Waals surface area contributed by atoms with Gasteiger partial charge in [0.1, 0.15) is 0 Å². The van der Waals surface area contributed by atoms with Crippen molar-refractivity contribution in [2.75, 3.05) is 11.5 Å². The zero-order chi connectivity index (χ0) is 13.2. The molecular weight excluding hydrogens is 259 g/mol. The first-order chi connectivity index (χ1) is 8.47. The molecule has 1 aromatic rings. The van der Waals surface area contributed by atoms with E-state index in [1.165, 1.54) is 31.7 Å². The summed E-state index contributed by atoms with van der Waals surface area (Å²) in [5.74, 6) is 1.65. The first-order valence-electron chi connectivity index (χ1n) is 6.06. The summed E-state index contributed by atoms with van der Waals surface area (Å²) in [5.41, 5.74) is 5.24. The second-order valence-corrected chi connectivity index (χ2v) is 5.77. The molecule has 0 atom stereocenters. The van der Waals surface area contributed by atoms with Crippen molar-refractivity contribution in [1.29, 1.82) is 0 Å². The Hall–Kier alpha value is -0.840. The highest BCUT2D eigenvalue weighted by Crippen LogP contribution is 2.36. The third-order valence-corrected chi connectivity index (χ3v) is 4.61. The fourth-order valence-electron chi connectivity index (χ4n) is 2.24. The molecule has 100 valence electrons. The SMILES string of the molecule is Nc1cc(C(F)(F)F)ccc1SCC1CCCC1. The molecule has 2 N–H and O–H groups in total. The second kappa shape index (κ2) is 5.43. The Morgan fingerprint density at radius 1 is 1.22 bits per heavy atom. The summed E-state index contributed by atoms with van der Waals surface area (Å²) in [6.45, 7) is 0. The summed E-state index contributed by atoms with van der Waals surface area (Å²) in [6.07, 6.45) is 0.686. The third-order valence-electron chi connectivity index (χ3n) is 3.29. The number of anilines is 1. The van der Waals surface area contributed by atoms with Gasteiger partial charge in [0.05, 0.1) is 5.56 Å². The molecule has 0 aromatic heterocycles. The number of rotatable bonds is 3. The lowest BCUT2D eigenvalue weighted by Gasteiger charge is -2.12. The number of nitrogen functional groups attached to an aromatic ring is 1. The van der Waals surface area contributed by atoms with Gasteiger partial charge in [0.15, 0.2) is 0 Å². The molecular formula is C13H16F3NS. The fourth-order valence-corrected chi connectivity index (χ4v) is 3.38. The van der Waals surface area contributed by atoms with Gasteiger partial charge in [-0.2, -0.15) is 13.2 Å². The Morgan fingerprint density at radius 3 is 2.44 bits per heavy atom. The van der Waals surface area contributed by atoms with Crippen LogP contribution < -0.4 is 5.73 Å². The van der Waals surface area contributed by atoms with E-state index in [9.17, 15) is 13.2 Å². The van der Waals surface area contributed by atoms with Gasteiger partial charge in [-0.25, -0.2) is 0 Å². The minimum absolute atomic E-state index is 0.229. The predicted octanol–water partition coefficient (Wildman–Crippen LogP) is 4.57. The molecule has 0 amide bonds. The average molecular weight is 275 g/mol. The molecule has 0 saturated heterocycles. The van der Waals surface area contributed by atoms with Crippen LogP contribution in [0.15, 0.2) is 23.1 Å². The van der Waals surface area contributed by atoms with Gasteiger partial charge in [-0.05, 0) is 37.0 Å². The molecule has 1 aromatic carbocycles. The van der Waals surface area contributed by atoms with Crippen LogP contribution in [0.3, 0.4) is 0 Å². The molecule has 0 spiro atoms. The number of hydrogen-bond donors (Lipinski definition) is 1. The average Bonchev–Trinajstić information content (AvgIpc) is 2.79. The molecule has 1 aliphatic carbocycles. The molecule has 0 radical (unpaired) electrons. The van der Waals surface area contributed by atoms with Crippen LogP contribution in [0.1, 0.15) is 31.2 Å². The minimum atomic E-state index is -4.32. The molecule has 0 bridgehead atoms. The van der Waals surface area contributed by atoms with Crippen molar-refractivity contribution >= 4 is 17.4 Å². The molecule has 1 saturated carbocycles. The minimum Gasteiger partial charge on any atom is -0.398 e. The number of benzene rings is 1. The van der Waals surface area contributed by atoms with Gasteiger partial charge in [-0.1, -0.05) is 12.8 Å². The molecule has 1 nitrogen and oxygen atoms in total. The monoisotopic (exact) mass is 275 g/mol. The number of nitrogens with two attached hydrogens (primary N) is 1. The van der Waals surface area contributed by atoms with E-state index >= 15 is 0 Å². The molecule has 5 heteroatoms. The van der Waals surface area contributed by atoms with Crippen LogP contribution in [0.2, 0.25) is 0 Å². The highest BCUT2D eigenvalue weighted by molar-refractivity contribution is 7.99. The zero-order valence-corrected chi connectivity index (χ0v) is 10.8. The van der Waals surface area contributed by atoms with Crippen molar-refractivity contribution < 1.29 is 13.2 Å². The van der Waals surface area contributed by atoms with Gasteiger partial charge >= 0.3 is 6.18 Å². The molecule has 18 heavy (non-hydrogen) atoms. The Labute approximate surface area is 109 Å². The van der Waals surface area contributed by atoms with Gasteiger partial charge in [-0.3, -0.25) is 0 Å². The normalized spacial score (nSPS) is 17.3. The van der Waals surface area contributed by atoms with E-state index in [4.69, 9.17) is 5.73 Å². The van der Waals surface area contributed by atoms with E-state index in [1.807, 2.05) is 0 Å². The van der Waals surface area contributed by atoms with E-state index < -0.39 is 11.7 Å². The summed E-state index contributed by atoms with van der Waals surface area (Å²) in [7, 11) is 0. The van der Waals surface area contributed by atoms with E-state index in [1.54, 1.807) is 11.8 Å². The summed E-state index contributed by atoms with van der Waals surface area (Å²) < 4.78 is 37.4. The fraction of sp³-hybridized carbons (Fsp3) is 0.538. The van der Waals surface area contributed by atoms with Crippen LogP contribution in [-0.4, -0.2) is 5.75 Å². The first-order valence-corrected chi connectivity index (χ1v) is 7.05. The Kier molecular flexibility index (Phi) is 4.10. The predicted molar refractivity (Wildman–Crippen MR) is 68.5 cm³/mol. The van der Waals surface area contributed by atoms with Crippen LogP contribution in [0.4, 0.5) is 18.9 Å². The third kappa shape index (κ3) is 3.34. The highest BCUT2D eigenvalue weighted by Gasteiger charge is 2.30. The molecule has 0 unspecified atom stereocenters. The van der Waals surface area contributed by atoms with E-state index in [0.29, 0.717) is 5.92 Å². The number of alkyl halides is 3. The van der Waals surface area contributed by atoms with Gasteiger partial charge in [0.25, 0.3) is 0 Å². The van der Waals surface area contributed by atoms with E-state index in [2.05, 4.69) is 0 Å². The van der Waals surface area contributed by atoms with Crippen LogP contribution in [0.5, 0.6) is 0 Å². The largest absolute Gasteiger partial charge is 0.416 e. The van der Waals surface area contributed by atoms with Gasteiger partial charge < -0.3 is 5.73 Å². The van der Waals surface area contributed by atoms with Crippen molar-refractivity contribution in [3.8, 4) is 0 Å². The maximum Gasteiger partial charge on any atom is 0.416 e. The smallest absolute Gasteiger partial charge is 0.398 e. The maximum absolute atomic E-state index is 12.5. The molecule has 0 heterocycles. The molecule has 1 fully saturated rings. The van der Waals surface area contributed by atoms with Gasteiger partial charge in [0, 0.05) is 16.3 Å². The lowest BCUT2D eigenvalue weighted by Crippen LogP contribution is -2.06. The first kappa shape index (κ1) is 13.6. The lowest BCUT2D eigenvalue weighted by molar-refractivity contribution is -0.137. The van der Waals surface area contributed by atoms with Crippen molar-refractivity contribution in [3.05, 3.63) is 23.8 Å². The molecule has 0 aliphatic heterocycles. The van der Waals surface area contributed by atoms with Gasteiger partial charge in [0.2, 0.25) is 0 Å². The summed E-state index contributed by atoms with van der Waals surface area (Å²) >= 11 is 1.57. The molecule has 2 rings (SSSR count). The number of halogens is 3. The van der Waals surface area contributed by atoms with E-state index in [0.717, 1.165) is 22.8 Å². The Morgan fingerprint density at radius 2 is 1.89 bits per heavy atom. The number of hydrogen-bond acceptors (Lipinski definition) is 2. The van der Waals surface area contributed by atoms with Crippen LogP contribution >= 0.6 is 11.8 Å². The van der Waals surface area contributed by atoms with Crippen molar-refractivity contribution in [3.63, 3.8) is 0 Å². The van der Waals surface area contributed by atoms with Crippen molar-refractivity contribution in [2.24, 2.45) is 5.92 Å². The molecule has 1 aliphatic rings. The van der Waals surface area contributed by atoms with Crippen LogP contribution in [0, 0.1) is 5.92 Å². The Balaban J connectivity index is 2.01. The quantitative estimate of drug-likeness (QED) is 0.646. The topological polar surface area (TPSA) is 26.0 Å². The second-order valence-electron chi connectivity index (χ2n) is 4.71. The summed E-state index contributed by atoms with van der Waals surface area (Å²) in [5, 5.41) is 0. The van der Waals surface area contributed by atoms with Crippen molar-refractivity contribution in [1.82, 2.24) is 0 Å². The summed E-state index contributed by atoms with van der Waals surface area (Å²) in [6, 6.07) is 3.61. The zero-order valence-electron chi connectivity index (χ0n) is 9.96. The van der Waals surface area contributed by atoms with Crippen LogP contribution in [0.25, 0.3) is 0 Å². The van der Waals surface area contributed by atoms with E-state index in [-0.39, 0.29) is 5.69 Å². The highest BCUT2D eigenvalue weighted by atomic mass is 32.2. The summed E-state index contributed by atoms with van der Waals surface area (Å²) in [4.78, 5) is 0.759. The van der Waals surface area contributed by atoms with Crippen LogP contribution in [-0.2, 0) is 6.18 Å². The number of thioether (sulfide) groups is 1. The standard InChI is InChI=1S/C13H16F3NS/c14-13(15,16)10-5-6-12(11(17)7-10)18-8-9-3-1-2-4-9/h5-7,9H,1-4,8,17H2.